The van der Waals surface area contributed by atoms with Crippen LogP contribution in [-0.2, 0) is 9.84 Å². The van der Waals surface area contributed by atoms with E-state index in [0.717, 1.165) is 12.8 Å². The fourth-order valence-corrected chi connectivity index (χ4v) is 2.84. The summed E-state index contributed by atoms with van der Waals surface area (Å²) in [6, 6.07) is -0.208. The molecule has 4 heteroatoms. The summed E-state index contributed by atoms with van der Waals surface area (Å²) in [5.74, 6) is 0. The van der Waals surface area contributed by atoms with Gasteiger partial charge in [-0.2, -0.15) is 0 Å². The van der Waals surface area contributed by atoms with Gasteiger partial charge >= 0.3 is 0 Å². The predicted molar refractivity (Wildman–Crippen MR) is 79.5 cm³/mol. The Morgan fingerprint density at radius 3 is 1.83 bits per heavy atom. The third kappa shape index (κ3) is 8.92. The lowest BCUT2D eigenvalue weighted by molar-refractivity contribution is 0.507. The summed E-state index contributed by atoms with van der Waals surface area (Å²) in [5, 5.41) is -0.415. The molecule has 0 rings (SSSR count). The van der Waals surface area contributed by atoms with Gasteiger partial charge in [-0.1, -0.05) is 58.3 Å². The number of unbranched alkanes of at least 4 members (excludes halogenated alkanes) is 7. The highest BCUT2D eigenvalue weighted by Crippen LogP contribution is 2.13. The standard InChI is InChI=1S/C14H31NO2S/c1-4-5-6-7-8-9-10-11-12-14(15)13(2)18(3,16)17/h13-14H,4-12,15H2,1-3H3. The van der Waals surface area contributed by atoms with Gasteiger partial charge in [0.15, 0.2) is 9.84 Å². The van der Waals surface area contributed by atoms with Gasteiger partial charge in [0, 0.05) is 12.3 Å². The average molecular weight is 277 g/mol. The second kappa shape index (κ2) is 9.79. The molecule has 110 valence electrons. The lowest BCUT2D eigenvalue weighted by Gasteiger charge is -2.17. The maximum absolute atomic E-state index is 11.3. The monoisotopic (exact) mass is 277 g/mol. The van der Waals surface area contributed by atoms with E-state index in [1.54, 1.807) is 6.92 Å². The predicted octanol–water partition coefficient (Wildman–Crippen LogP) is 3.28. The molecule has 0 spiro atoms. The minimum absolute atomic E-state index is 0.208. The van der Waals surface area contributed by atoms with Gasteiger partial charge in [-0.25, -0.2) is 8.42 Å². The first-order valence-corrected chi connectivity index (χ1v) is 9.29. The second-order valence-electron chi connectivity index (χ2n) is 5.46. The van der Waals surface area contributed by atoms with Crippen molar-refractivity contribution in [2.75, 3.05) is 6.26 Å². The van der Waals surface area contributed by atoms with E-state index in [1.807, 2.05) is 0 Å². The Morgan fingerprint density at radius 2 is 1.39 bits per heavy atom. The fourth-order valence-electron chi connectivity index (χ4n) is 2.07. The molecule has 0 heterocycles. The Bertz CT molecular complexity index is 288. The molecule has 0 aliphatic rings. The van der Waals surface area contributed by atoms with Crippen LogP contribution in [0.5, 0.6) is 0 Å². The molecule has 0 saturated carbocycles. The van der Waals surface area contributed by atoms with E-state index in [1.165, 1.54) is 51.2 Å². The van der Waals surface area contributed by atoms with Crippen molar-refractivity contribution in [1.82, 2.24) is 0 Å². The van der Waals surface area contributed by atoms with Gasteiger partial charge in [-0.3, -0.25) is 0 Å². The number of rotatable bonds is 11. The number of sulfone groups is 1. The third-order valence-electron chi connectivity index (χ3n) is 3.67. The molecule has 2 atom stereocenters. The first-order chi connectivity index (χ1) is 8.39. The zero-order valence-corrected chi connectivity index (χ0v) is 13.1. The Kier molecular flexibility index (Phi) is 9.74. The number of hydrogen-bond acceptors (Lipinski definition) is 3. The van der Waals surface area contributed by atoms with Crippen LogP contribution in [0.1, 0.15) is 71.6 Å². The highest BCUT2D eigenvalue weighted by atomic mass is 32.2. The Balaban J connectivity index is 3.49. The van der Waals surface area contributed by atoms with Crippen molar-refractivity contribution in [3.05, 3.63) is 0 Å². The van der Waals surface area contributed by atoms with Crippen LogP contribution in [0.2, 0.25) is 0 Å². The zero-order chi connectivity index (χ0) is 14.0. The molecule has 0 saturated heterocycles. The van der Waals surface area contributed by atoms with Crippen molar-refractivity contribution in [3.8, 4) is 0 Å². The zero-order valence-electron chi connectivity index (χ0n) is 12.3. The maximum Gasteiger partial charge on any atom is 0.151 e. The lowest BCUT2D eigenvalue weighted by Crippen LogP contribution is -2.37. The van der Waals surface area contributed by atoms with Crippen molar-refractivity contribution in [2.24, 2.45) is 5.73 Å². The molecule has 0 aromatic carbocycles. The molecule has 0 aliphatic carbocycles. The highest BCUT2D eigenvalue weighted by molar-refractivity contribution is 7.91. The van der Waals surface area contributed by atoms with E-state index < -0.39 is 15.1 Å². The molecule has 0 bridgehead atoms. The van der Waals surface area contributed by atoms with Crippen LogP contribution in [0.3, 0.4) is 0 Å². The van der Waals surface area contributed by atoms with Gasteiger partial charge in [-0.05, 0) is 13.3 Å². The Morgan fingerprint density at radius 1 is 0.944 bits per heavy atom. The summed E-state index contributed by atoms with van der Waals surface area (Å²) in [6.45, 7) is 3.94. The van der Waals surface area contributed by atoms with Crippen LogP contribution >= 0.6 is 0 Å². The summed E-state index contributed by atoms with van der Waals surface area (Å²) in [6.07, 6.45) is 12.2. The molecule has 0 aliphatic heterocycles. The summed E-state index contributed by atoms with van der Waals surface area (Å²) < 4.78 is 22.7. The Labute approximate surface area is 113 Å². The van der Waals surface area contributed by atoms with Gasteiger partial charge in [0.1, 0.15) is 0 Å². The largest absolute Gasteiger partial charge is 0.327 e. The molecule has 3 nitrogen and oxygen atoms in total. The van der Waals surface area contributed by atoms with Gasteiger partial charge in [0.05, 0.1) is 5.25 Å². The third-order valence-corrected chi connectivity index (χ3v) is 5.37. The molecular formula is C14H31NO2S. The van der Waals surface area contributed by atoms with Crippen LogP contribution in [0.4, 0.5) is 0 Å². The summed E-state index contributed by atoms with van der Waals surface area (Å²) >= 11 is 0. The molecule has 0 amide bonds. The Hall–Kier alpha value is -0.0900. The molecule has 0 fully saturated rings. The van der Waals surface area contributed by atoms with E-state index in [-0.39, 0.29) is 6.04 Å². The molecule has 2 unspecified atom stereocenters. The van der Waals surface area contributed by atoms with E-state index >= 15 is 0 Å². The molecular weight excluding hydrogens is 246 g/mol. The average Bonchev–Trinajstić information content (AvgIpc) is 2.30. The minimum Gasteiger partial charge on any atom is -0.327 e. The van der Waals surface area contributed by atoms with Crippen molar-refractivity contribution < 1.29 is 8.42 Å². The van der Waals surface area contributed by atoms with Gasteiger partial charge in [0.2, 0.25) is 0 Å². The topological polar surface area (TPSA) is 60.2 Å². The van der Waals surface area contributed by atoms with Crippen molar-refractivity contribution in [2.45, 2.75) is 82.9 Å². The quantitative estimate of drug-likeness (QED) is 0.590. The molecule has 0 radical (unpaired) electrons. The van der Waals surface area contributed by atoms with Crippen LogP contribution in [-0.4, -0.2) is 26.0 Å². The smallest absolute Gasteiger partial charge is 0.151 e. The normalized spacial score (nSPS) is 15.6. The van der Waals surface area contributed by atoms with E-state index in [0.29, 0.717) is 0 Å². The van der Waals surface area contributed by atoms with Crippen molar-refractivity contribution in [3.63, 3.8) is 0 Å². The van der Waals surface area contributed by atoms with E-state index in [4.69, 9.17) is 5.73 Å². The highest BCUT2D eigenvalue weighted by Gasteiger charge is 2.21. The second-order valence-corrected chi connectivity index (χ2v) is 7.86. The van der Waals surface area contributed by atoms with Crippen LogP contribution in [0.15, 0.2) is 0 Å². The lowest BCUT2D eigenvalue weighted by atomic mass is 10.0. The van der Waals surface area contributed by atoms with Gasteiger partial charge in [0.25, 0.3) is 0 Å². The van der Waals surface area contributed by atoms with Crippen LogP contribution < -0.4 is 5.73 Å². The van der Waals surface area contributed by atoms with E-state index in [9.17, 15) is 8.42 Å². The van der Waals surface area contributed by atoms with Gasteiger partial charge < -0.3 is 5.73 Å². The van der Waals surface area contributed by atoms with Crippen LogP contribution in [0, 0.1) is 0 Å². The minimum atomic E-state index is -2.98. The summed E-state index contributed by atoms with van der Waals surface area (Å²) in [4.78, 5) is 0. The fraction of sp³-hybridized carbons (Fsp3) is 1.00. The number of nitrogens with two attached hydrogens (primary N) is 1. The molecule has 2 N–H and O–H groups in total. The van der Waals surface area contributed by atoms with E-state index in [2.05, 4.69) is 6.92 Å². The molecule has 0 aromatic rings. The SMILES string of the molecule is CCCCCCCCCCC(N)C(C)S(C)(=O)=O. The van der Waals surface area contributed by atoms with Crippen molar-refractivity contribution >= 4 is 9.84 Å². The first-order valence-electron chi connectivity index (χ1n) is 7.34. The summed E-state index contributed by atoms with van der Waals surface area (Å²) in [5.41, 5.74) is 5.90. The maximum atomic E-state index is 11.3. The number of hydrogen-bond donors (Lipinski definition) is 1. The first kappa shape index (κ1) is 17.9. The van der Waals surface area contributed by atoms with Gasteiger partial charge in [-0.15, -0.1) is 0 Å². The summed E-state index contributed by atoms with van der Waals surface area (Å²) in [7, 11) is -2.98. The molecule has 18 heavy (non-hydrogen) atoms. The van der Waals surface area contributed by atoms with Crippen LogP contribution in [0.25, 0.3) is 0 Å². The van der Waals surface area contributed by atoms with Crippen molar-refractivity contribution in [1.29, 1.82) is 0 Å². The molecule has 0 aromatic heterocycles.